The number of rotatable bonds is 41. The maximum absolute atomic E-state index is 12.8. The first-order valence-corrected chi connectivity index (χ1v) is 24.2. The quantitative estimate of drug-likeness (QED) is 0.0247. The molecule has 0 aromatic carbocycles. The minimum atomic E-state index is -4.34. The Kier molecular flexibility index (Phi) is 36.8. The van der Waals surface area contributed by atoms with Gasteiger partial charge in [-0.3, -0.25) is 13.8 Å². The number of phosphoric acid groups is 1. The highest BCUT2D eigenvalue weighted by Gasteiger charge is 2.27. The smallest absolute Gasteiger partial charge is 0.387 e. The number of carbonyl (C=O) groups excluding carboxylic acids is 1. The first-order chi connectivity index (χ1) is 26.0. The number of aliphatic hydroxyl groups is 1. The van der Waals surface area contributed by atoms with Crippen LogP contribution in [0.5, 0.6) is 0 Å². The van der Waals surface area contributed by atoms with Crippen molar-refractivity contribution in [2.24, 2.45) is 0 Å². The Morgan fingerprint density at radius 1 is 0.611 bits per heavy atom. The molecule has 0 aromatic rings. The van der Waals surface area contributed by atoms with Gasteiger partial charge in [0.1, 0.15) is 13.2 Å². The van der Waals surface area contributed by atoms with Gasteiger partial charge in [-0.1, -0.05) is 179 Å². The molecule has 0 spiro atoms. The zero-order valence-electron chi connectivity index (χ0n) is 36.2. The van der Waals surface area contributed by atoms with Crippen molar-refractivity contribution in [2.45, 2.75) is 219 Å². The van der Waals surface area contributed by atoms with Crippen LogP contribution >= 0.6 is 7.82 Å². The highest BCUT2D eigenvalue weighted by Crippen LogP contribution is 2.43. The highest BCUT2D eigenvalue weighted by atomic mass is 31.2. The number of allylic oxidation sites excluding steroid dienone is 3. The third-order valence-electron chi connectivity index (χ3n) is 10.2. The summed E-state index contributed by atoms with van der Waals surface area (Å²) in [6.07, 6.45) is 43.8. The summed E-state index contributed by atoms with van der Waals surface area (Å²) in [5, 5.41) is 13.8. The molecule has 0 bridgehead atoms. The Hall–Kier alpha value is -1.02. The van der Waals surface area contributed by atoms with Gasteiger partial charge in [-0.25, -0.2) is 4.57 Å². The second-order valence-electron chi connectivity index (χ2n) is 16.8. The van der Waals surface area contributed by atoms with E-state index >= 15 is 0 Å². The molecule has 0 aromatic heterocycles. The molecule has 3 unspecified atom stereocenters. The third kappa shape index (κ3) is 39.2. The van der Waals surface area contributed by atoms with Gasteiger partial charge in [0.05, 0.1) is 39.9 Å². The maximum Gasteiger partial charge on any atom is 0.472 e. The number of unbranched alkanes of at least 4 members (excludes halogenated alkanes) is 26. The lowest BCUT2D eigenvalue weighted by atomic mass is 10.0. The number of amides is 1. The van der Waals surface area contributed by atoms with Gasteiger partial charge in [-0.05, 0) is 44.9 Å². The molecule has 9 heteroatoms. The molecule has 0 aliphatic rings. The summed E-state index contributed by atoms with van der Waals surface area (Å²) in [6, 6.07) is -0.847. The lowest BCUT2D eigenvalue weighted by molar-refractivity contribution is -0.870. The number of nitrogens with zero attached hydrogens (tertiary/aromatic N) is 1. The number of quaternary nitrogens is 1. The fourth-order valence-electron chi connectivity index (χ4n) is 6.51. The Bertz CT molecular complexity index is 938. The van der Waals surface area contributed by atoms with Gasteiger partial charge in [0.25, 0.3) is 0 Å². The molecular formula is C45H90N2O6P+. The van der Waals surface area contributed by atoms with Crippen LogP contribution in [0.3, 0.4) is 0 Å². The van der Waals surface area contributed by atoms with Crippen LogP contribution in [0.2, 0.25) is 0 Å². The van der Waals surface area contributed by atoms with E-state index in [1.807, 2.05) is 27.2 Å². The average Bonchev–Trinajstić information content (AvgIpc) is 3.12. The van der Waals surface area contributed by atoms with Crippen molar-refractivity contribution in [1.82, 2.24) is 5.32 Å². The van der Waals surface area contributed by atoms with Crippen LogP contribution in [0.4, 0.5) is 0 Å². The Morgan fingerprint density at radius 3 is 1.43 bits per heavy atom. The minimum absolute atomic E-state index is 0.0610. The summed E-state index contributed by atoms with van der Waals surface area (Å²) in [6.45, 7) is 4.80. The molecule has 1 amide bonds. The van der Waals surface area contributed by atoms with Gasteiger partial charge in [0.15, 0.2) is 0 Å². The summed E-state index contributed by atoms with van der Waals surface area (Å²) >= 11 is 0. The summed E-state index contributed by atoms with van der Waals surface area (Å²) in [5.41, 5.74) is 0. The fourth-order valence-corrected chi connectivity index (χ4v) is 7.24. The number of carbonyl (C=O) groups is 1. The molecular weight excluding hydrogens is 695 g/mol. The Morgan fingerprint density at radius 2 is 1.00 bits per heavy atom. The van der Waals surface area contributed by atoms with Crippen LogP contribution in [0, 0.1) is 0 Å². The summed E-state index contributed by atoms with van der Waals surface area (Å²) in [7, 11) is 1.57. The van der Waals surface area contributed by atoms with E-state index in [-0.39, 0.29) is 19.1 Å². The lowest BCUT2D eigenvalue weighted by Gasteiger charge is -2.25. The van der Waals surface area contributed by atoms with Crippen LogP contribution in [0.25, 0.3) is 0 Å². The molecule has 8 nitrogen and oxygen atoms in total. The molecule has 0 fully saturated rings. The molecule has 0 rings (SSSR count). The van der Waals surface area contributed by atoms with Crippen LogP contribution < -0.4 is 5.32 Å². The third-order valence-corrected chi connectivity index (χ3v) is 11.1. The van der Waals surface area contributed by atoms with E-state index in [1.165, 1.54) is 135 Å². The van der Waals surface area contributed by atoms with E-state index in [0.717, 1.165) is 51.4 Å². The number of hydrogen-bond donors (Lipinski definition) is 3. The van der Waals surface area contributed by atoms with Crippen molar-refractivity contribution >= 4 is 13.7 Å². The van der Waals surface area contributed by atoms with Gasteiger partial charge < -0.3 is 19.8 Å². The van der Waals surface area contributed by atoms with E-state index in [2.05, 4.69) is 31.3 Å². The highest BCUT2D eigenvalue weighted by molar-refractivity contribution is 7.47. The van der Waals surface area contributed by atoms with E-state index in [1.54, 1.807) is 6.08 Å². The zero-order chi connectivity index (χ0) is 40.0. The van der Waals surface area contributed by atoms with Crippen molar-refractivity contribution in [3.63, 3.8) is 0 Å². The molecule has 0 saturated carbocycles. The van der Waals surface area contributed by atoms with Crippen LogP contribution in [0.15, 0.2) is 24.3 Å². The van der Waals surface area contributed by atoms with Crippen molar-refractivity contribution in [3.05, 3.63) is 24.3 Å². The Balaban J connectivity index is 4.42. The largest absolute Gasteiger partial charge is 0.472 e. The topological polar surface area (TPSA) is 105 Å². The van der Waals surface area contributed by atoms with Gasteiger partial charge in [0, 0.05) is 6.42 Å². The predicted molar refractivity (Wildman–Crippen MR) is 231 cm³/mol. The SMILES string of the molecule is CCCCCCC/C=C\CCCCCCCC(=O)NC(COP(=O)(O)OCC[N+](C)(C)C)C(O)/C=C/CCCCCCCCCCCCCCCCCC. The summed E-state index contributed by atoms with van der Waals surface area (Å²) in [4.78, 5) is 23.1. The first kappa shape index (κ1) is 53.0. The van der Waals surface area contributed by atoms with Gasteiger partial charge in [-0.2, -0.15) is 0 Å². The average molecular weight is 786 g/mol. The van der Waals surface area contributed by atoms with E-state index in [4.69, 9.17) is 9.05 Å². The second kappa shape index (κ2) is 37.6. The summed E-state index contributed by atoms with van der Waals surface area (Å²) < 4.78 is 23.6. The molecule has 320 valence electrons. The number of hydrogen-bond acceptors (Lipinski definition) is 5. The van der Waals surface area contributed by atoms with Crippen molar-refractivity contribution < 1.29 is 32.9 Å². The zero-order valence-corrected chi connectivity index (χ0v) is 37.1. The molecule has 0 aliphatic heterocycles. The monoisotopic (exact) mass is 786 g/mol. The first-order valence-electron chi connectivity index (χ1n) is 22.7. The number of likely N-dealkylation sites (N-methyl/N-ethyl adjacent to an activating group) is 1. The Labute approximate surface area is 334 Å². The normalized spacial score (nSPS) is 14.6. The number of phosphoric ester groups is 1. The van der Waals surface area contributed by atoms with E-state index in [0.29, 0.717) is 17.4 Å². The maximum atomic E-state index is 12.8. The fraction of sp³-hybridized carbons (Fsp3) is 0.889. The molecule has 3 N–H and O–H groups in total. The van der Waals surface area contributed by atoms with Gasteiger partial charge >= 0.3 is 7.82 Å². The number of aliphatic hydroxyl groups excluding tert-OH is 1. The molecule has 0 radical (unpaired) electrons. The molecule has 0 aliphatic carbocycles. The van der Waals surface area contributed by atoms with Crippen LogP contribution in [-0.2, 0) is 18.4 Å². The van der Waals surface area contributed by atoms with Crippen molar-refractivity contribution in [2.75, 3.05) is 40.9 Å². The van der Waals surface area contributed by atoms with Crippen molar-refractivity contribution in [1.29, 1.82) is 0 Å². The molecule has 54 heavy (non-hydrogen) atoms. The lowest BCUT2D eigenvalue weighted by Crippen LogP contribution is -2.45. The standard InChI is InChI=1S/C45H89N2O6P/c1-6-8-10-12-14-16-18-20-22-23-24-25-26-28-30-32-34-36-38-44(48)43(42-53-54(50,51)52-41-40-47(3,4)5)46-45(49)39-37-35-33-31-29-27-21-19-17-15-13-11-9-7-2/h19,21,36,38,43-44,48H,6-18,20,22-35,37,39-42H2,1-5H3,(H-,46,49,50,51)/p+1/b21-19-,38-36+. The number of nitrogens with one attached hydrogen (secondary N) is 1. The van der Waals surface area contributed by atoms with E-state index in [9.17, 15) is 19.4 Å². The molecule has 0 heterocycles. The van der Waals surface area contributed by atoms with Crippen molar-refractivity contribution in [3.8, 4) is 0 Å². The molecule has 3 atom stereocenters. The summed E-state index contributed by atoms with van der Waals surface area (Å²) in [5.74, 6) is -0.186. The van der Waals surface area contributed by atoms with Crippen LogP contribution in [-0.4, -0.2) is 73.4 Å². The predicted octanol–water partition coefficient (Wildman–Crippen LogP) is 12.5. The van der Waals surface area contributed by atoms with Gasteiger partial charge in [0.2, 0.25) is 5.91 Å². The van der Waals surface area contributed by atoms with Crippen LogP contribution in [0.1, 0.15) is 206 Å². The molecule has 0 saturated heterocycles. The second-order valence-corrected chi connectivity index (χ2v) is 18.2. The minimum Gasteiger partial charge on any atom is -0.387 e. The van der Waals surface area contributed by atoms with E-state index < -0.39 is 20.0 Å². The van der Waals surface area contributed by atoms with Gasteiger partial charge in [-0.15, -0.1) is 0 Å².